The summed E-state index contributed by atoms with van der Waals surface area (Å²) in [6.45, 7) is 8.92. The number of aliphatic hydroxyl groups is 1. The van der Waals surface area contributed by atoms with Gasteiger partial charge in [-0.3, -0.25) is 0 Å². The van der Waals surface area contributed by atoms with Gasteiger partial charge in [0.15, 0.2) is 0 Å². The van der Waals surface area contributed by atoms with Crippen LogP contribution < -0.4 is 0 Å². The highest BCUT2D eigenvalue weighted by Crippen LogP contribution is 2.32. The molecular weight excluding hydrogens is 222 g/mol. The lowest BCUT2D eigenvalue weighted by molar-refractivity contribution is 0.130. The highest BCUT2D eigenvalue weighted by atomic mass is 16.3. The first-order valence-corrected chi connectivity index (χ1v) is 6.78. The third-order valence-electron chi connectivity index (χ3n) is 4.18. The number of rotatable bonds is 5. The molecule has 2 atom stereocenters. The lowest BCUT2D eigenvalue weighted by atomic mass is 9.86. The van der Waals surface area contributed by atoms with E-state index >= 15 is 0 Å². The predicted octanol–water partition coefficient (Wildman–Crippen LogP) is 3.23. The van der Waals surface area contributed by atoms with Crippen molar-refractivity contribution >= 4 is 0 Å². The Morgan fingerprint density at radius 2 is 1.72 bits per heavy atom. The summed E-state index contributed by atoms with van der Waals surface area (Å²) in [6.07, 6.45) is 0.992. The van der Waals surface area contributed by atoms with Crippen molar-refractivity contribution < 1.29 is 5.11 Å². The number of hydrogen-bond donors (Lipinski definition) is 1. The molecule has 0 aliphatic rings. The minimum Gasteiger partial charge on any atom is -0.396 e. The van der Waals surface area contributed by atoms with Gasteiger partial charge in [0.05, 0.1) is 0 Å². The molecule has 0 amide bonds. The Morgan fingerprint density at radius 3 is 2.17 bits per heavy atom. The van der Waals surface area contributed by atoms with Gasteiger partial charge >= 0.3 is 0 Å². The number of hydrogen-bond acceptors (Lipinski definition) is 2. The Morgan fingerprint density at radius 1 is 1.11 bits per heavy atom. The van der Waals surface area contributed by atoms with E-state index in [-0.39, 0.29) is 6.61 Å². The van der Waals surface area contributed by atoms with Crippen molar-refractivity contribution in [3.63, 3.8) is 0 Å². The van der Waals surface area contributed by atoms with Gasteiger partial charge in [0.25, 0.3) is 0 Å². The predicted molar refractivity (Wildman–Crippen MR) is 77.9 cm³/mol. The lowest BCUT2D eigenvalue weighted by Gasteiger charge is -2.33. The molecule has 0 saturated carbocycles. The molecule has 102 valence electrons. The molecule has 0 aliphatic heterocycles. The van der Waals surface area contributed by atoms with Crippen LogP contribution in [0.1, 0.15) is 41.6 Å². The summed E-state index contributed by atoms with van der Waals surface area (Å²) in [5, 5.41) is 9.59. The Kier molecular flexibility index (Phi) is 5.36. The maximum Gasteiger partial charge on any atom is 0.0477 e. The first kappa shape index (κ1) is 15.2. The maximum atomic E-state index is 9.59. The molecule has 0 aromatic heterocycles. The third kappa shape index (κ3) is 2.93. The summed E-state index contributed by atoms with van der Waals surface area (Å²) in [4.78, 5) is 2.22. The van der Waals surface area contributed by atoms with Gasteiger partial charge in [-0.05, 0) is 63.5 Å². The standard InChI is InChI=1S/C16H27NO/c1-7-14(10-18)16(17(5)6)15-9-8-11(2)12(3)13(15)4/h8-9,14,16,18H,7,10H2,1-6H3. The van der Waals surface area contributed by atoms with E-state index in [9.17, 15) is 5.11 Å². The fraction of sp³-hybridized carbons (Fsp3) is 0.625. The quantitative estimate of drug-likeness (QED) is 0.866. The van der Waals surface area contributed by atoms with Gasteiger partial charge in [-0.2, -0.15) is 0 Å². The molecular formula is C16H27NO. The highest BCUT2D eigenvalue weighted by molar-refractivity contribution is 5.40. The minimum atomic E-state index is 0.242. The van der Waals surface area contributed by atoms with Gasteiger partial charge in [-0.25, -0.2) is 0 Å². The van der Waals surface area contributed by atoms with E-state index in [1.54, 1.807) is 0 Å². The zero-order chi connectivity index (χ0) is 13.9. The second-order valence-corrected chi connectivity index (χ2v) is 5.48. The number of aliphatic hydroxyl groups excluding tert-OH is 1. The fourth-order valence-electron chi connectivity index (χ4n) is 2.70. The summed E-state index contributed by atoms with van der Waals surface area (Å²) in [6, 6.07) is 4.71. The van der Waals surface area contributed by atoms with E-state index in [0.29, 0.717) is 12.0 Å². The summed E-state index contributed by atoms with van der Waals surface area (Å²) < 4.78 is 0. The number of benzene rings is 1. The van der Waals surface area contributed by atoms with E-state index in [1.807, 2.05) is 0 Å². The van der Waals surface area contributed by atoms with Crippen LogP contribution >= 0.6 is 0 Å². The number of aryl methyl sites for hydroxylation is 1. The molecule has 2 nitrogen and oxygen atoms in total. The average Bonchev–Trinajstić information content (AvgIpc) is 2.34. The molecule has 2 heteroatoms. The van der Waals surface area contributed by atoms with Crippen LogP contribution in [0.4, 0.5) is 0 Å². The van der Waals surface area contributed by atoms with E-state index < -0.39 is 0 Å². The highest BCUT2D eigenvalue weighted by Gasteiger charge is 2.25. The molecule has 0 heterocycles. The molecule has 18 heavy (non-hydrogen) atoms. The van der Waals surface area contributed by atoms with Crippen molar-refractivity contribution in [3.05, 3.63) is 34.4 Å². The van der Waals surface area contributed by atoms with E-state index in [0.717, 1.165) is 6.42 Å². The van der Waals surface area contributed by atoms with Crippen molar-refractivity contribution in [2.45, 2.75) is 40.2 Å². The zero-order valence-corrected chi connectivity index (χ0v) is 12.6. The van der Waals surface area contributed by atoms with Crippen molar-refractivity contribution in [3.8, 4) is 0 Å². The molecule has 1 aromatic carbocycles. The summed E-state index contributed by atoms with van der Waals surface area (Å²) >= 11 is 0. The van der Waals surface area contributed by atoms with Crippen LogP contribution in [0.2, 0.25) is 0 Å². The van der Waals surface area contributed by atoms with Crippen molar-refractivity contribution in [2.24, 2.45) is 5.92 Å². The third-order valence-corrected chi connectivity index (χ3v) is 4.18. The Hall–Kier alpha value is -0.860. The SMILES string of the molecule is CCC(CO)C(c1ccc(C)c(C)c1C)N(C)C. The number of nitrogens with zero attached hydrogens (tertiary/aromatic N) is 1. The largest absolute Gasteiger partial charge is 0.396 e. The van der Waals surface area contributed by atoms with Crippen LogP contribution in [0.25, 0.3) is 0 Å². The first-order chi connectivity index (χ1) is 8.43. The van der Waals surface area contributed by atoms with Crippen molar-refractivity contribution in [2.75, 3.05) is 20.7 Å². The Labute approximate surface area is 112 Å². The minimum absolute atomic E-state index is 0.242. The van der Waals surface area contributed by atoms with E-state index in [1.165, 1.54) is 22.3 Å². The molecule has 0 aliphatic carbocycles. The monoisotopic (exact) mass is 249 g/mol. The molecule has 0 fully saturated rings. The van der Waals surface area contributed by atoms with Crippen LogP contribution in [-0.2, 0) is 0 Å². The van der Waals surface area contributed by atoms with Crippen LogP contribution in [0.5, 0.6) is 0 Å². The Bertz CT molecular complexity index is 394. The molecule has 0 spiro atoms. The molecule has 1 N–H and O–H groups in total. The summed E-state index contributed by atoms with van der Waals surface area (Å²) in [7, 11) is 4.19. The molecule has 2 unspecified atom stereocenters. The van der Waals surface area contributed by atoms with Gasteiger partial charge in [0.2, 0.25) is 0 Å². The van der Waals surface area contributed by atoms with E-state index in [4.69, 9.17) is 0 Å². The maximum absolute atomic E-state index is 9.59. The summed E-state index contributed by atoms with van der Waals surface area (Å²) in [5.74, 6) is 0.292. The van der Waals surface area contributed by atoms with Crippen LogP contribution in [0.15, 0.2) is 12.1 Å². The topological polar surface area (TPSA) is 23.5 Å². The van der Waals surface area contributed by atoms with Gasteiger partial charge in [-0.15, -0.1) is 0 Å². The van der Waals surface area contributed by atoms with Crippen LogP contribution in [-0.4, -0.2) is 30.7 Å². The van der Waals surface area contributed by atoms with Crippen molar-refractivity contribution in [1.29, 1.82) is 0 Å². The molecule has 0 radical (unpaired) electrons. The smallest absolute Gasteiger partial charge is 0.0477 e. The molecule has 1 aromatic rings. The van der Waals surface area contributed by atoms with Gasteiger partial charge in [-0.1, -0.05) is 19.1 Å². The van der Waals surface area contributed by atoms with Crippen molar-refractivity contribution in [1.82, 2.24) is 4.90 Å². The first-order valence-electron chi connectivity index (χ1n) is 6.78. The normalized spacial score (nSPS) is 14.9. The summed E-state index contributed by atoms with van der Waals surface area (Å²) in [5.41, 5.74) is 5.42. The lowest BCUT2D eigenvalue weighted by Crippen LogP contribution is -2.30. The molecule has 0 saturated heterocycles. The van der Waals surface area contributed by atoms with Crippen LogP contribution in [0.3, 0.4) is 0 Å². The molecule has 1 rings (SSSR count). The second-order valence-electron chi connectivity index (χ2n) is 5.48. The van der Waals surface area contributed by atoms with E-state index in [2.05, 4.69) is 58.8 Å². The van der Waals surface area contributed by atoms with Gasteiger partial charge < -0.3 is 10.0 Å². The fourth-order valence-corrected chi connectivity index (χ4v) is 2.70. The van der Waals surface area contributed by atoms with Gasteiger partial charge in [0, 0.05) is 18.6 Å². The second kappa shape index (κ2) is 6.35. The molecule has 0 bridgehead atoms. The van der Waals surface area contributed by atoms with Gasteiger partial charge in [0.1, 0.15) is 0 Å². The Balaban J connectivity index is 3.26. The average molecular weight is 249 g/mol. The van der Waals surface area contributed by atoms with Crippen LogP contribution in [0, 0.1) is 26.7 Å². The zero-order valence-electron chi connectivity index (χ0n) is 12.6.